The number of tetrazole rings is 1. The number of carbonyl (C=O) groups is 2. The second kappa shape index (κ2) is 10.0. The molecular formula is C22H29FN8O4. The van der Waals surface area contributed by atoms with Crippen molar-refractivity contribution in [1.29, 1.82) is 0 Å². The lowest BCUT2D eigenvalue weighted by atomic mass is 10.0. The van der Waals surface area contributed by atoms with Crippen LogP contribution in [0.15, 0.2) is 18.2 Å². The Balaban J connectivity index is 1.18. The number of carbonyl (C=O) groups excluding carboxylic acids is 2. The van der Waals surface area contributed by atoms with Gasteiger partial charge in [0.25, 0.3) is 5.95 Å². The smallest absolute Gasteiger partial charge is 0.414 e. The third kappa shape index (κ3) is 5.14. The number of piperidine rings is 1. The van der Waals surface area contributed by atoms with Gasteiger partial charge in [0.15, 0.2) is 0 Å². The molecule has 0 spiro atoms. The van der Waals surface area contributed by atoms with E-state index in [0.717, 1.165) is 25.9 Å². The van der Waals surface area contributed by atoms with Gasteiger partial charge in [-0.15, -0.1) is 5.10 Å². The molecule has 5 rings (SSSR count). The maximum Gasteiger partial charge on any atom is 0.414 e. The summed E-state index contributed by atoms with van der Waals surface area (Å²) >= 11 is 0. The second-order valence-corrected chi connectivity index (χ2v) is 8.92. The van der Waals surface area contributed by atoms with Crippen molar-refractivity contribution in [2.45, 2.75) is 31.9 Å². The van der Waals surface area contributed by atoms with Crippen LogP contribution in [-0.2, 0) is 14.3 Å². The van der Waals surface area contributed by atoms with Crippen molar-refractivity contribution in [3.63, 3.8) is 0 Å². The highest BCUT2D eigenvalue weighted by molar-refractivity contribution is 5.90. The molecule has 3 aliphatic heterocycles. The van der Waals surface area contributed by atoms with Gasteiger partial charge in [-0.05, 0) is 36.3 Å². The summed E-state index contributed by atoms with van der Waals surface area (Å²) in [7, 11) is 0. The Morgan fingerprint density at radius 2 is 1.94 bits per heavy atom. The quantitative estimate of drug-likeness (QED) is 0.634. The van der Waals surface area contributed by atoms with E-state index in [4.69, 9.17) is 9.47 Å². The Morgan fingerprint density at radius 3 is 2.66 bits per heavy atom. The molecule has 0 unspecified atom stereocenters. The summed E-state index contributed by atoms with van der Waals surface area (Å²) in [5.74, 6) is 0.0282. The average Bonchev–Trinajstić information content (AvgIpc) is 3.50. The normalized spacial score (nSPS) is 21.4. The van der Waals surface area contributed by atoms with Gasteiger partial charge in [0.05, 0.1) is 43.7 Å². The highest BCUT2D eigenvalue weighted by Gasteiger charge is 2.33. The zero-order chi connectivity index (χ0) is 24.4. The number of cyclic esters (lactones) is 1. The number of anilines is 3. The molecule has 0 bridgehead atoms. The molecule has 0 radical (unpaired) electrons. The van der Waals surface area contributed by atoms with Crippen molar-refractivity contribution in [3.05, 3.63) is 24.0 Å². The number of benzene rings is 1. The molecule has 0 aliphatic carbocycles. The van der Waals surface area contributed by atoms with Gasteiger partial charge in [-0.25, -0.2) is 9.18 Å². The molecule has 0 saturated carbocycles. The van der Waals surface area contributed by atoms with E-state index in [1.165, 1.54) is 17.9 Å². The topological polar surface area (TPSA) is 118 Å². The van der Waals surface area contributed by atoms with E-state index in [1.54, 1.807) is 16.9 Å². The largest absolute Gasteiger partial charge is 0.442 e. The van der Waals surface area contributed by atoms with Gasteiger partial charge >= 0.3 is 6.09 Å². The first kappa shape index (κ1) is 23.3. The van der Waals surface area contributed by atoms with Crippen molar-refractivity contribution in [2.24, 2.45) is 0 Å². The predicted octanol–water partition coefficient (Wildman–Crippen LogP) is 0.952. The van der Waals surface area contributed by atoms with E-state index in [0.29, 0.717) is 43.6 Å². The molecule has 3 fully saturated rings. The van der Waals surface area contributed by atoms with E-state index in [2.05, 4.69) is 25.6 Å². The van der Waals surface area contributed by atoms with Crippen LogP contribution >= 0.6 is 0 Å². The standard InChI is InChI=1S/C22H29FN8O4/c1-15(32)24-13-18-14-30(22(33)35-18)17-2-3-20(19(23)12-17)28-6-4-16(5-7-28)31-26-21(25-27-31)29-8-10-34-11-9-29/h2-3,12,16,18H,4-11,13-14H2,1H3,(H,24,32)/t18-/m0/s1. The minimum Gasteiger partial charge on any atom is -0.442 e. The zero-order valence-corrected chi connectivity index (χ0v) is 19.6. The number of hydrogen-bond acceptors (Lipinski definition) is 9. The SMILES string of the molecule is CC(=O)NC[C@H]1CN(c2ccc(N3CCC(n4nnc(N5CCOCC5)n4)CC3)c(F)c2)C(=O)O1. The molecule has 13 heteroatoms. The number of halogens is 1. The summed E-state index contributed by atoms with van der Waals surface area (Å²) in [4.78, 5) is 30.5. The van der Waals surface area contributed by atoms with E-state index < -0.39 is 18.0 Å². The van der Waals surface area contributed by atoms with Crippen molar-refractivity contribution in [1.82, 2.24) is 25.5 Å². The van der Waals surface area contributed by atoms with Crippen molar-refractivity contribution in [2.75, 3.05) is 67.2 Å². The first-order valence-corrected chi connectivity index (χ1v) is 11.9. The van der Waals surface area contributed by atoms with Crippen molar-refractivity contribution >= 4 is 29.3 Å². The fourth-order valence-corrected chi connectivity index (χ4v) is 4.62. The molecule has 35 heavy (non-hydrogen) atoms. The summed E-state index contributed by atoms with van der Waals surface area (Å²) in [6, 6.07) is 4.89. The first-order valence-electron chi connectivity index (χ1n) is 11.9. The lowest BCUT2D eigenvalue weighted by Gasteiger charge is -2.33. The van der Waals surface area contributed by atoms with Crippen LogP contribution in [0.4, 0.5) is 26.5 Å². The number of nitrogens with one attached hydrogen (secondary N) is 1. The molecule has 3 saturated heterocycles. The number of nitrogens with zero attached hydrogens (tertiary/aromatic N) is 7. The number of hydrogen-bond donors (Lipinski definition) is 1. The van der Waals surface area contributed by atoms with Gasteiger partial charge in [0, 0.05) is 33.1 Å². The van der Waals surface area contributed by atoms with E-state index >= 15 is 4.39 Å². The number of ether oxygens (including phenoxy) is 2. The van der Waals surface area contributed by atoms with Gasteiger partial charge in [0.2, 0.25) is 5.91 Å². The van der Waals surface area contributed by atoms with E-state index in [9.17, 15) is 9.59 Å². The molecule has 12 nitrogen and oxygen atoms in total. The minimum absolute atomic E-state index is 0.107. The van der Waals surface area contributed by atoms with Crippen LogP contribution in [0.1, 0.15) is 25.8 Å². The number of aromatic nitrogens is 4. The van der Waals surface area contributed by atoms with E-state index in [-0.39, 0.29) is 25.0 Å². The predicted molar refractivity (Wildman–Crippen MR) is 124 cm³/mol. The van der Waals surface area contributed by atoms with Crippen LogP contribution in [-0.4, -0.2) is 90.8 Å². The van der Waals surface area contributed by atoms with Crippen LogP contribution in [0.25, 0.3) is 0 Å². The Morgan fingerprint density at radius 1 is 1.17 bits per heavy atom. The highest BCUT2D eigenvalue weighted by atomic mass is 19.1. The fourth-order valence-electron chi connectivity index (χ4n) is 4.62. The van der Waals surface area contributed by atoms with Crippen LogP contribution in [0.3, 0.4) is 0 Å². The number of morpholine rings is 1. The maximum atomic E-state index is 15.1. The molecule has 1 aromatic carbocycles. The molecule has 2 amide bonds. The molecule has 3 aliphatic rings. The van der Waals surface area contributed by atoms with Crippen LogP contribution in [0.2, 0.25) is 0 Å². The lowest BCUT2D eigenvalue weighted by Crippen LogP contribution is -2.37. The third-order valence-corrected chi connectivity index (χ3v) is 6.54. The summed E-state index contributed by atoms with van der Waals surface area (Å²) in [6.45, 7) is 6.01. The van der Waals surface area contributed by atoms with Crippen LogP contribution in [0.5, 0.6) is 0 Å². The summed E-state index contributed by atoms with van der Waals surface area (Å²) in [5.41, 5.74) is 0.925. The van der Waals surface area contributed by atoms with Gasteiger partial charge in [-0.2, -0.15) is 4.80 Å². The van der Waals surface area contributed by atoms with Crippen molar-refractivity contribution in [3.8, 4) is 0 Å². The fraction of sp³-hybridized carbons (Fsp3) is 0.591. The Bertz CT molecular complexity index is 1070. The Kier molecular flexibility index (Phi) is 6.66. The maximum absolute atomic E-state index is 15.1. The third-order valence-electron chi connectivity index (χ3n) is 6.54. The molecule has 1 N–H and O–H groups in total. The monoisotopic (exact) mass is 488 g/mol. The van der Waals surface area contributed by atoms with Crippen molar-refractivity contribution < 1.29 is 23.5 Å². The number of amides is 2. The van der Waals surface area contributed by atoms with Gasteiger partial charge in [0.1, 0.15) is 11.9 Å². The highest BCUT2D eigenvalue weighted by Crippen LogP contribution is 2.31. The average molecular weight is 489 g/mol. The zero-order valence-electron chi connectivity index (χ0n) is 19.6. The van der Waals surface area contributed by atoms with Gasteiger partial charge in [-0.3, -0.25) is 9.69 Å². The van der Waals surface area contributed by atoms with Crippen LogP contribution < -0.4 is 20.0 Å². The molecular weight excluding hydrogens is 459 g/mol. The second-order valence-electron chi connectivity index (χ2n) is 8.92. The van der Waals surface area contributed by atoms with Gasteiger partial charge in [-0.1, -0.05) is 5.10 Å². The summed E-state index contributed by atoms with van der Waals surface area (Å²) < 4.78 is 25.7. The van der Waals surface area contributed by atoms with Gasteiger partial charge < -0.3 is 24.6 Å². The lowest BCUT2D eigenvalue weighted by molar-refractivity contribution is -0.119. The molecule has 1 atom stereocenters. The minimum atomic E-state index is -0.551. The Labute approximate surface area is 201 Å². The van der Waals surface area contributed by atoms with Crippen LogP contribution in [0, 0.1) is 5.82 Å². The molecule has 2 aromatic rings. The summed E-state index contributed by atoms with van der Waals surface area (Å²) in [6.07, 6.45) is 0.514. The van der Waals surface area contributed by atoms with E-state index in [1.807, 2.05) is 4.90 Å². The number of rotatable bonds is 6. The first-order chi connectivity index (χ1) is 17.0. The molecule has 4 heterocycles. The molecule has 188 valence electrons. The Hall–Kier alpha value is -3.48. The molecule has 1 aromatic heterocycles. The summed E-state index contributed by atoms with van der Waals surface area (Å²) in [5, 5.41) is 15.6.